The van der Waals surface area contributed by atoms with Crippen LogP contribution in [0.2, 0.25) is 0 Å². The molecule has 0 aliphatic carbocycles. The Morgan fingerprint density at radius 1 is 0.179 bits per heavy atom. The molecule has 78 heavy (non-hydrogen) atoms. The molecule has 0 N–H and O–H groups in total. The maximum Gasteiger partial charge on any atom is 0.220 e. The second-order valence-electron chi connectivity index (χ2n) is 24.7. The lowest BCUT2D eigenvalue weighted by molar-refractivity contribution is 1.12. The summed E-state index contributed by atoms with van der Waals surface area (Å²) in [6.07, 6.45) is 0. The maximum atomic E-state index is 5.92. The molecule has 0 fully saturated rings. The summed E-state index contributed by atoms with van der Waals surface area (Å²) >= 11 is 0. The summed E-state index contributed by atoms with van der Waals surface area (Å²) < 4.78 is 13.0. The number of nitrogens with zero attached hydrogens (tertiary/aromatic N) is 7. The number of hydrogen-bond acceptors (Lipinski definition) is 2. The number of fused-ring (bicyclic) bond motifs is 13. The van der Waals surface area contributed by atoms with E-state index >= 15 is 0 Å². The molecule has 0 unspecified atom stereocenters. The van der Waals surface area contributed by atoms with Crippen LogP contribution in [0, 0.1) is 0 Å². The largest absolute Gasteiger partial charge is 0.312 e. The minimum Gasteiger partial charge on any atom is -0.312 e. The van der Waals surface area contributed by atoms with Crippen LogP contribution in [0.3, 0.4) is 0 Å². The summed E-state index contributed by atoms with van der Waals surface area (Å²) in [5, 5.41) is 2.77. The van der Waals surface area contributed by atoms with E-state index in [1.807, 2.05) is 0 Å². The SMILES string of the molecule is Bc1c(B)c(-n2c3c(B)c(B)c(B)c(B)c3c3c(B)c(B)c(B)c(B)c32)c(B)c(-n2c3c(B)c(B)c(-n4c5c(B)c(B)c(B)c(B)c5n5c6c(B)c(B)c(B)c(B)c6nc45)c(B)c3n3c4c(B)c(B)c(B)c(B)c4nc23)c1B. The van der Waals surface area contributed by atoms with Gasteiger partial charge >= 0.3 is 0 Å². The van der Waals surface area contributed by atoms with E-state index in [1.54, 1.807) is 0 Å². The molecule has 7 aromatic carbocycles. The van der Waals surface area contributed by atoms with Crippen LogP contribution in [0.5, 0.6) is 0 Å². The van der Waals surface area contributed by atoms with E-state index in [1.165, 1.54) is 219 Å². The molecule has 7 nitrogen and oxygen atoms in total. The molecule has 12 aromatic rings. The molecular weight excluding hydrogens is 918 g/mol. The summed E-state index contributed by atoms with van der Waals surface area (Å²) in [6.45, 7) is 0. The fourth-order valence-corrected chi connectivity index (χ4v) is 15.1. The number of aromatic nitrogens is 7. The maximum absolute atomic E-state index is 5.92. The first-order chi connectivity index (χ1) is 36.6. The normalized spacial score (nSPS) is 12.2. The first-order valence-electron chi connectivity index (χ1n) is 28.5. The zero-order valence-electron chi connectivity index (χ0n) is 52.1. The highest BCUT2D eigenvalue weighted by atomic mass is 15.2. The third kappa shape index (κ3) is 6.22. The zero-order chi connectivity index (χ0) is 56.7. The molecule has 346 valence electrons. The standard InChI is InChI=1S/C44H54B27N7/c45-3-1-2-4(46)6(48)10(52)19(61)33(2)74(32(1)18(60)9(51)5(3)47)34-20(62)15(57)21(63)35(28(34)70)75-41-27(69)26(68)36(29(71)42(41)78-38-23(65)12(54)8(50)17(59)31(38)73-44(75)78)76-39-24(66)13(55)14(56)25(67)40(39)77-37-22(64)11(53)7(49)16(58)30(37)72-43(76)77/h45-71H2. The molecule has 34 heteroatoms. The van der Waals surface area contributed by atoms with Crippen LogP contribution < -0.4 is 147 Å². The van der Waals surface area contributed by atoms with Crippen LogP contribution in [-0.2, 0) is 0 Å². The molecule has 5 aromatic heterocycles. The lowest BCUT2D eigenvalue weighted by atomic mass is 9.63. The van der Waals surface area contributed by atoms with Gasteiger partial charge in [0.25, 0.3) is 0 Å². The predicted molar refractivity (Wildman–Crippen MR) is 428 cm³/mol. The van der Waals surface area contributed by atoms with Gasteiger partial charge in [0.15, 0.2) is 0 Å². The van der Waals surface area contributed by atoms with Crippen LogP contribution in [0.1, 0.15) is 0 Å². The van der Waals surface area contributed by atoms with Crippen molar-refractivity contribution < 1.29 is 0 Å². The first-order valence-corrected chi connectivity index (χ1v) is 28.5. The monoisotopic (exact) mass is 978 g/mol. The molecule has 0 bridgehead atoms. The third-order valence-corrected chi connectivity index (χ3v) is 21.9. The Hall–Kier alpha value is -5.37. The Bertz CT molecular complexity index is 4870. The van der Waals surface area contributed by atoms with Crippen molar-refractivity contribution in [2.75, 3.05) is 0 Å². The zero-order valence-corrected chi connectivity index (χ0v) is 52.1. The lowest BCUT2D eigenvalue weighted by Crippen LogP contribution is -2.50. The minimum absolute atomic E-state index is 0.948. The van der Waals surface area contributed by atoms with Crippen LogP contribution in [0.4, 0.5) is 0 Å². The van der Waals surface area contributed by atoms with Gasteiger partial charge in [0, 0.05) is 28.1 Å². The van der Waals surface area contributed by atoms with Gasteiger partial charge in [-0.15, -0.1) is 10.9 Å². The molecule has 0 saturated carbocycles. The van der Waals surface area contributed by atoms with Crippen molar-refractivity contribution >= 4 is 437 Å². The molecule has 12 rings (SSSR count). The van der Waals surface area contributed by atoms with Gasteiger partial charge in [-0.3, -0.25) is 17.9 Å². The van der Waals surface area contributed by atoms with Crippen LogP contribution >= 0.6 is 0 Å². The number of hydrogen-bond donors (Lipinski definition) is 0. The summed E-state index contributed by atoms with van der Waals surface area (Å²) in [7, 11) is 62.9. The van der Waals surface area contributed by atoms with E-state index in [9.17, 15) is 0 Å². The second-order valence-corrected chi connectivity index (χ2v) is 24.7. The van der Waals surface area contributed by atoms with E-state index in [0.717, 1.165) is 22.6 Å². The Morgan fingerprint density at radius 3 is 0.808 bits per heavy atom. The van der Waals surface area contributed by atoms with Gasteiger partial charge in [0.2, 0.25) is 11.6 Å². The van der Waals surface area contributed by atoms with Crippen molar-refractivity contribution in [1.29, 1.82) is 0 Å². The van der Waals surface area contributed by atoms with Gasteiger partial charge in [0.05, 0.1) is 44.1 Å². The van der Waals surface area contributed by atoms with Gasteiger partial charge in [-0.1, -0.05) is 126 Å². The highest BCUT2D eigenvalue weighted by molar-refractivity contribution is 6.74. The first kappa shape index (κ1) is 53.3. The second kappa shape index (κ2) is 17.3. The van der Waals surface area contributed by atoms with Crippen molar-refractivity contribution in [1.82, 2.24) is 32.5 Å². The van der Waals surface area contributed by atoms with E-state index in [0.29, 0.717) is 0 Å². The van der Waals surface area contributed by atoms with Gasteiger partial charge < -0.3 is 4.57 Å². The Kier molecular flexibility index (Phi) is 11.8. The molecule has 0 aliphatic rings. The number of benzene rings is 7. The number of rotatable bonds is 3. The summed E-state index contributed by atoms with van der Waals surface area (Å²) in [5.74, 6) is 1.91. The van der Waals surface area contributed by atoms with E-state index in [2.05, 4.69) is 234 Å². The average molecular weight is 973 g/mol. The molecule has 0 aliphatic heterocycles. The molecule has 0 saturated heterocycles. The van der Waals surface area contributed by atoms with Gasteiger partial charge in [-0.05, 0) is 21.7 Å². The highest BCUT2D eigenvalue weighted by Crippen LogP contribution is 2.31. The van der Waals surface area contributed by atoms with E-state index < -0.39 is 0 Å². The summed E-state index contributed by atoms with van der Waals surface area (Å²) in [4.78, 5) is 11.7. The van der Waals surface area contributed by atoms with Crippen molar-refractivity contribution in [3.63, 3.8) is 0 Å². The molecule has 0 spiro atoms. The minimum atomic E-state index is 0.948. The van der Waals surface area contributed by atoms with Gasteiger partial charge in [-0.25, -0.2) is 9.97 Å². The third-order valence-electron chi connectivity index (χ3n) is 21.9. The fourth-order valence-electron chi connectivity index (χ4n) is 15.1. The summed E-state index contributed by atoms with van der Waals surface area (Å²) in [5.41, 5.74) is 51.1. The molecule has 5 heterocycles. The topological polar surface area (TPSA) is 49.4 Å². The molecule has 0 radical (unpaired) electrons. The lowest BCUT2D eigenvalue weighted by Gasteiger charge is -2.27. The number of imidazole rings is 4. The van der Waals surface area contributed by atoms with Gasteiger partial charge in [-0.2, -0.15) is 0 Å². The quantitative estimate of drug-likeness (QED) is 0.166. The van der Waals surface area contributed by atoms with E-state index in [4.69, 9.17) is 9.97 Å². The average Bonchev–Trinajstić information content (AvgIpc) is 4.40. The molecule has 0 amide bonds. The van der Waals surface area contributed by atoms with Gasteiger partial charge in [0.1, 0.15) is 212 Å². The van der Waals surface area contributed by atoms with Crippen LogP contribution in [0.15, 0.2) is 0 Å². The Balaban J connectivity index is 1.33. The smallest absolute Gasteiger partial charge is 0.220 e. The van der Waals surface area contributed by atoms with Crippen LogP contribution in [-0.4, -0.2) is 244 Å². The van der Waals surface area contributed by atoms with Crippen molar-refractivity contribution in [2.24, 2.45) is 0 Å². The highest BCUT2D eigenvalue weighted by Gasteiger charge is 2.33. The van der Waals surface area contributed by atoms with Crippen molar-refractivity contribution in [2.45, 2.75) is 0 Å². The predicted octanol–water partition coefficient (Wildman–Crippen LogP) is -36.7. The van der Waals surface area contributed by atoms with Crippen molar-refractivity contribution in [3.8, 4) is 17.1 Å². The Labute approximate surface area is 483 Å². The van der Waals surface area contributed by atoms with E-state index in [-0.39, 0.29) is 0 Å². The Morgan fingerprint density at radius 2 is 0.423 bits per heavy atom. The molecular formula is C44H54B27N7. The fraction of sp³-hybridized carbons (Fsp3) is 0. The van der Waals surface area contributed by atoms with Crippen LogP contribution in [0.25, 0.3) is 94.6 Å². The molecule has 0 atom stereocenters. The van der Waals surface area contributed by atoms with Crippen molar-refractivity contribution in [3.05, 3.63) is 0 Å². The summed E-state index contributed by atoms with van der Waals surface area (Å²) in [6, 6.07) is 0.